The molecule has 25 heavy (non-hydrogen) atoms. The van der Waals surface area contributed by atoms with Gasteiger partial charge in [0.1, 0.15) is 18.2 Å². The summed E-state index contributed by atoms with van der Waals surface area (Å²) in [4.78, 5) is 8.62. The number of rotatable bonds is 7. The Kier molecular flexibility index (Phi) is 5.28. The van der Waals surface area contributed by atoms with Crippen LogP contribution in [0.25, 0.3) is 11.5 Å². The van der Waals surface area contributed by atoms with Gasteiger partial charge in [0.15, 0.2) is 5.82 Å². The summed E-state index contributed by atoms with van der Waals surface area (Å²) in [6.45, 7) is 7.25. The molecule has 0 fully saturated rings. The highest BCUT2D eigenvalue weighted by Crippen LogP contribution is 2.26. The quantitative estimate of drug-likeness (QED) is 0.655. The number of aromatic nitrogens is 3. The van der Waals surface area contributed by atoms with Gasteiger partial charge in [0.05, 0.1) is 12.1 Å². The van der Waals surface area contributed by atoms with Crippen molar-refractivity contribution in [1.29, 1.82) is 0 Å². The second kappa shape index (κ2) is 7.79. The zero-order chi connectivity index (χ0) is 17.6. The van der Waals surface area contributed by atoms with Crippen LogP contribution in [0, 0.1) is 6.92 Å². The van der Waals surface area contributed by atoms with Crippen LogP contribution in [-0.2, 0) is 0 Å². The highest BCUT2D eigenvalue weighted by Gasteiger charge is 2.12. The summed E-state index contributed by atoms with van der Waals surface area (Å²) in [6.07, 6.45) is 1.73. The number of nitrogens with one attached hydrogen (secondary N) is 1. The molecule has 130 valence electrons. The highest BCUT2D eigenvalue weighted by atomic mass is 16.5. The van der Waals surface area contributed by atoms with E-state index in [1.54, 1.807) is 13.1 Å². The molecule has 2 aromatic heterocycles. The van der Waals surface area contributed by atoms with E-state index in [-0.39, 0.29) is 0 Å². The van der Waals surface area contributed by atoms with Gasteiger partial charge in [-0.1, -0.05) is 37.2 Å². The molecule has 0 aliphatic heterocycles. The minimum Gasteiger partial charge on any atom is -0.491 e. The van der Waals surface area contributed by atoms with Gasteiger partial charge in [-0.15, -0.1) is 0 Å². The van der Waals surface area contributed by atoms with E-state index < -0.39 is 0 Å². The van der Waals surface area contributed by atoms with Crippen molar-refractivity contribution in [2.75, 3.05) is 18.5 Å². The molecule has 0 unspecified atom stereocenters. The average Bonchev–Trinajstić information content (AvgIpc) is 3.05. The topological polar surface area (TPSA) is 73.1 Å². The second-order valence-electron chi connectivity index (χ2n) is 6.01. The Morgan fingerprint density at radius 3 is 2.76 bits per heavy atom. The third-order valence-electron chi connectivity index (χ3n) is 3.76. The van der Waals surface area contributed by atoms with Crippen LogP contribution in [0.1, 0.15) is 31.2 Å². The molecule has 0 amide bonds. The molecule has 0 saturated heterocycles. The van der Waals surface area contributed by atoms with E-state index in [0.29, 0.717) is 36.6 Å². The van der Waals surface area contributed by atoms with Crippen molar-refractivity contribution in [2.45, 2.75) is 26.7 Å². The summed E-state index contributed by atoms with van der Waals surface area (Å²) in [5.41, 5.74) is 1.99. The molecule has 0 spiro atoms. The van der Waals surface area contributed by atoms with E-state index in [9.17, 15) is 0 Å². The van der Waals surface area contributed by atoms with Crippen LogP contribution in [0.15, 0.2) is 47.1 Å². The number of hydrogen-bond acceptors (Lipinski definition) is 6. The number of para-hydroxylation sites is 1. The molecule has 6 heteroatoms. The van der Waals surface area contributed by atoms with Crippen LogP contribution in [0.2, 0.25) is 0 Å². The first-order chi connectivity index (χ1) is 12.1. The molecule has 0 bridgehead atoms. The Morgan fingerprint density at radius 1 is 1.16 bits per heavy atom. The Hall–Kier alpha value is -2.89. The number of ether oxygens (including phenoxy) is 1. The van der Waals surface area contributed by atoms with Crippen molar-refractivity contribution in [3.8, 4) is 17.2 Å². The molecular weight excluding hydrogens is 316 g/mol. The fourth-order valence-corrected chi connectivity index (χ4v) is 2.54. The number of hydrogen-bond donors (Lipinski definition) is 1. The maximum atomic E-state index is 5.93. The van der Waals surface area contributed by atoms with Crippen LogP contribution in [0.4, 0.5) is 5.82 Å². The van der Waals surface area contributed by atoms with E-state index in [0.717, 1.165) is 11.3 Å². The average molecular weight is 338 g/mol. The predicted molar refractivity (Wildman–Crippen MR) is 96.8 cm³/mol. The number of anilines is 1. The Balaban J connectivity index is 1.62. The summed E-state index contributed by atoms with van der Waals surface area (Å²) in [6, 6.07) is 11.9. The monoisotopic (exact) mass is 338 g/mol. The molecule has 3 aromatic rings. The molecule has 0 aliphatic rings. The van der Waals surface area contributed by atoms with Crippen LogP contribution in [0.3, 0.4) is 0 Å². The Bertz CT molecular complexity index is 830. The van der Waals surface area contributed by atoms with Gasteiger partial charge in [0.2, 0.25) is 0 Å². The molecule has 0 radical (unpaired) electrons. The first kappa shape index (κ1) is 17.0. The van der Waals surface area contributed by atoms with Gasteiger partial charge in [0.25, 0.3) is 5.89 Å². The number of aryl methyl sites for hydroxylation is 1. The Labute approximate surface area is 147 Å². The third kappa shape index (κ3) is 4.15. The van der Waals surface area contributed by atoms with Crippen LogP contribution >= 0.6 is 0 Å². The van der Waals surface area contributed by atoms with E-state index >= 15 is 0 Å². The van der Waals surface area contributed by atoms with E-state index in [2.05, 4.69) is 40.4 Å². The van der Waals surface area contributed by atoms with Gasteiger partial charge < -0.3 is 14.6 Å². The minimum absolute atomic E-state index is 0.423. The van der Waals surface area contributed by atoms with Crippen LogP contribution in [-0.4, -0.2) is 28.3 Å². The van der Waals surface area contributed by atoms with Crippen LogP contribution < -0.4 is 10.1 Å². The second-order valence-corrected chi connectivity index (χ2v) is 6.01. The molecule has 3 rings (SSSR count). The van der Waals surface area contributed by atoms with Gasteiger partial charge in [-0.2, -0.15) is 4.98 Å². The lowest BCUT2D eigenvalue weighted by molar-refractivity contribution is 0.328. The molecule has 6 nitrogen and oxygen atoms in total. The summed E-state index contributed by atoms with van der Waals surface area (Å²) < 4.78 is 11.2. The lowest BCUT2D eigenvalue weighted by Crippen LogP contribution is -2.13. The lowest BCUT2D eigenvalue weighted by atomic mass is 10.0. The zero-order valence-electron chi connectivity index (χ0n) is 14.7. The summed E-state index contributed by atoms with van der Waals surface area (Å²) in [7, 11) is 0. The first-order valence-corrected chi connectivity index (χ1v) is 8.36. The molecule has 0 aliphatic carbocycles. The predicted octanol–water partition coefficient (Wildman–Crippen LogP) is 4.05. The molecule has 2 heterocycles. The zero-order valence-corrected chi connectivity index (χ0v) is 14.7. The smallest absolute Gasteiger partial charge is 0.261 e. The number of benzene rings is 1. The first-order valence-electron chi connectivity index (χ1n) is 8.36. The normalized spacial score (nSPS) is 10.9. The van der Waals surface area contributed by atoms with Gasteiger partial charge >= 0.3 is 0 Å². The van der Waals surface area contributed by atoms with Crippen molar-refractivity contribution >= 4 is 5.82 Å². The van der Waals surface area contributed by atoms with E-state index in [4.69, 9.17) is 9.26 Å². The molecule has 1 aromatic carbocycles. The van der Waals surface area contributed by atoms with Crippen molar-refractivity contribution in [2.24, 2.45) is 0 Å². The van der Waals surface area contributed by atoms with Crippen molar-refractivity contribution < 1.29 is 9.26 Å². The molecule has 1 N–H and O–H groups in total. The molecule has 0 atom stereocenters. The van der Waals surface area contributed by atoms with Crippen molar-refractivity contribution in [1.82, 2.24) is 15.1 Å². The van der Waals surface area contributed by atoms with E-state index in [1.807, 2.05) is 30.3 Å². The SMILES string of the molecule is Cc1noc(-c2cccnc2NCCOc2ccccc2C(C)C)n1. The van der Waals surface area contributed by atoms with Crippen LogP contribution in [0.5, 0.6) is 5.75 Å². The number of nitrogens with zero attached hydrogens (tertiary/aromatic N) is 3. The molecule has 0 saturated carbocycles. The van der Waals surface area contributed by atoms with Gasteiger partial charge in [0, 0.05) is 6.20 Å². The van der Waals surface area contributed by atoms with Crippen molar-refractivity contribution in [3.63, 3.8) is 0 Å². The van der Waals surface area contributed by atoms with Gasteiger partial charge in [-0.05, 0) is 36.6 Å². The standard InChI is InChI=1S/C19H22N4O2/c1-13(2)15-7-4-5-9-17(15)24-12-11-21-18-16(8-6-10-20-18)19-22-14(3)23-25-19/h4-10,13H,11-12H2,1-3H3,(H,20,21). The summed E-state index contributed by atoms with van der Waals surface area (Å²) in [5, 5.41) is 7.11. The summed E-state index contributed by atoms with van der Waals surface area (Å²) >= 11 is 0. The van der Waals surface area contributed by atoms with E-state index in [1.165, 1.54) is 5.56 Å². The maximum absolute atomic E-state index is 5.93. The third-order valence-corrected chi connectivity index (χ3v) is 3.76. The minimum atomic E-state index is 0.423. The maximum Gasteiger partial charge on any atom is 0.261 e. The number of pyridine rings is 1. The fraction of sp³-hybridized carbons (Fsp3) is 0.316. The highest BCUT2D eigenvalue weighted by molar-refractivity contribution is 5.68. The van der Waals surface area contributed by atoms with Gasteiger partial charge in [-0.25, -0.2) is 4.98 Å². The Morgan fingerprint density at radius 2 is 2.00 bits per heavy atom. The fourth-order valence-electron chi connectivity index (χ4n) is 2.54. The lowest BCUT2D eigenvalue weighted by Gasteiger charge is -2.14. The van der Waals surface area contributed by atoms with Crippen molar-refractivity contribution in [3.05, 3.63) is 54.0 Å². The summed E-state index contributed by atoms with van der Waals surface area (Å²) in [5.74, 6) is 3.10. The van der Waals surface area contributed by atoms with Gasteiger partial charge in [-0.3, -0.25) is 0 Å². The molecular formula is C19H22N4O2. The largest absolute Gasteiger partial charge is 0.491 e.